The Morgan fingerprint density at radius 2 is 1.56 bits per heavy atom. The van der Waals surface area contributed by atoms with E-state index in [0.29, 0.717) is 45.4 Å². The van der Waals surface area contributed by atoms with Crippen LogP contribution in [-0.4, -0.2) is 60.9 Å². The Kier molecular flexibility index (Phi) is 14.0. The number of hydrogen-bond donors (Lipinski definition) is 2. The van der Waals surface area contributed by atoms with E-state index in [1.807, 2.05) is 94.4 Å². The van der Waals surface area contributed by atoms with Crippen molar-refractivity contribution in [2.45, 2.75) is 92.9 Å². The van der Waals surface area contributed by atoms with E-state index in [4.69, 9.17) is 5.10 Å². The molecule has 0 unspecified atom stereocenters. The molecular formula is C48H53N11O4S. The summed E-state index contributed by atoms with van der Waals surface area (Å²) in [7, 11) is 1.53. The predicted molar refractivity (Wildman–Crippen MR) is 254 cm³/mol. The van der Waals surface area contributed by atoms with Crippen molar-refractivity contribution in [1.82, 2.24) is 44.1 Å². The highest BCUT2D eigenvalue weighted by molar-refractivity contribution is 7.10. The zero-order valence-corrected chi connectivity index (χ0v) is 38.1. The summed E-state index contributed by atoms with van der Waals surface area (Å²) < 4.78 is 4.37. The van der Waals surface area contributed by atoms with Crippen LogP contribution in [0.4, 0.5) is 5.69 Å². The number of aromatic amines is 1. The molecule has 64 heavy (non-hydrogen) atoms. The van der Waals surface area contributed by atoms with Crippen LogP contribution in [0, 0.1) is 27.7 Å². The van der Waals surface area contributed by atoms with E-state index >= 15 is 0 Å². The van der Waals surface area contributed by atoms with Gasteiger partial charge in [-0.25, -0.2) is 14.6 Å². The van der Waals surface area contributed by atoms with E-state index in [9.17, 15) is 19.5 Å². The minimum absolute atomic E-state index is 0.0487. The molecule has 2 N–H and O–H groups in total. The molecule has 0 fully saturated rings. The maximum absolute atomic E-state index is 13.7. The largest absolute Gasteiger partial charge is 0.493 e. The molecule has 1 aliphatic heterocycles. The van der Waals surface area contributed by atoms with Crippen molar-refractivity contribution in [3.63, 3.8) is 0 Å². The predicted octanol–water partition coefficient (Wildman–Crippen LogP) is 7.76. The summed E-state index contributed by atoms with van der Waals surface area (Å²) in [6.45, 7) is 12.0. The van der Waals surface area contributed by atoms with E-state index in [1.165, 1.54) is 21.3 Å². The molecule has 1 aliphatic rings. The SMILES string of the molecule is CCCCCC1=NN(c2cccc(C)c2)C(=O)C1=Cc1c(CCCCC)[nH]n(-c2cccc(C)n2)c1=O.Cc1cccc(-c2nnc3c(=CC=Cc4sc(=O)n(C)c4O)c(C)nn23)n1. The van der Waals surface area contributed by atoms with Crippen molar-refractivity contribution in [1.29, 1.82) is 0 Å². The highest BCUT2D eigenvalue weighted by atomic mass is 32.1. The van der Waals surface area contributed by atoms with Gasteiger partial charge in [0.25, 0.3) is 11.5 Å². The lowest BCUT2D eigenvalue weighted by Crippen LogP contribution is -2.22. The van der Waals surface area contributed by atoms with Crippen LogP contribution in [-0.2, 0) is 18.3 Å². The fourth-order valence-electron chi connectivity index (χ4n) is 7.34. The summed E-state index contributed by atoms with van der Waals surface area (Å²) >= 11 is 0.982. The number of aromatic hydroxyl groups is 1. The topological polar surface area (TPSA) is 182 Å². The number of fused-ring (bicyclic) bond motifs is 1. The van der Waals surface area contributed by atoms with Gasteiger partial charge >= 0.3 is 4.87 Å². The Bertz CT molecular complexity index is 3090. The Hall–Kier alpha value is -7.07. The van der Waals surface area contributed by atoms with E-state index in [2.05, 4.69) is 44.2 Å². The number of nitrogens with one attached hydrogen (secondary N) is 1. The molecule has 1 aromatic carbocycles. The van der Waals surface area contributed by atoms with Crippen LogP contribution >= 0.6 is 11.3 Å². The first-order chi connectivity index (χ1) is 30.9. The lowest BCUT2D eigenvalue weighted by Gasteiger charge is -2.12. The van der Waals surface area contributed by atoms with Crippen LogP contribution in [0.5, 0.6) is 5.88 Å². The number of carbonyl (C=O) groups excluding carboxylic acids is 1. The van der Waals surface area contributed by atoms with Crippen LogP contribution in [0.2, 0.25) is 0 Å². The van der Waals surface area contributed by atoms with Gasteiger partial charge in [0.15, 0.2) is 11.5 Å². The first kappa shape index (κ1) is 45.0. The zero-order chi connectivity index (χ0) is 45.5. The van der Waals surface area contributed by atoms with Crippen LogP contribution < -0.4 is 20.7 Å². The quantitative estimate of drug-likeness (QED) is 0.0815. The van der Waals surface area contributed by atoms with E-state index in [0.717, 1.165) is 101 Å². The van der Waals surface area contributed by atoms with Gasteiger partial charge in [-0.05, 0) is 114 Å². The molecule has 0 spiro atoms. The maximum atomic E-state index is 13.7. The number of hydrogen-bond acceptors (Lipinski definition) is 11. The van der Waals surface area contributed by atoms with Gasteiger partial charge in [-0.15, -0.1) is 10.2 Å². The molecule has 0 bridgehead atoms. The van der Waals surface area contributed by atoms with Gasteiger partial charge in [0.2, 0.25) is 11.7 Å². The number of pyridine rings is 2. The van der Waals surface area contributed by atoms with Crippen molar-refractivity contribution >= 4 is 52.5 Å². The minimum atomic E-state index is -0.214. The van der Waals surface area contributed by atoms with Crippen molar-refractivity contribution < 1.29 is 9.90 Å². The molecule has 15 nitrogen and oxygen atoms in total. The van der Waals surface area contributed by atoms with Gasteiger partial charge in [-0.3, -0.25) is 24.0 Å². The molecule has 7 aromatic rings. The van der Waals surface area contributed by atoms with Crippen molar-refractivity contribution in [3.8, 4) is 23.2 Å². The highest BCUT2D eigenvalue weighted by Gasteiger charge is 2.32. The maximum Gasteiger partial charge on any atom is 0.310 e. The Morgan fingerprint density at radius 3 is 2.25 bits per heavy atom. The van der Waals surface area contributed by atoms with Gasteiger partial charge in [-0.1, -0.05) is 81.2 Å². The van der Waals surface area contributed by atoms with Crippen LogP contribution in [0.1, 0.15) is 97.6 Å². The third-order valence-electron chi connectivity index (χ3n) is 10.8. The third kappa shape index (κ3) is 9.76. The number of allylic oxidation sites excluding steroid dienone is 1. The van der Waals surface area contributed by atoms with Crippen molar-refractivity contribution in [2.75, 3.05) is 5.01 Å². The van der Waals surface area contributed by atoms with Gasteiger partial charge in [0, 0.05) is 29.3 Å². The number of carbonyl (C=O) groups is 1. The normalized spacial score (nSPS) is 13.8. The number of aryl methyl sites for hydroxylation is 5. The van der Waals surface area contributed by atoms with Crippen LogP contribution in [0.15, 0.2) is 87.0 Å². The second kappa shape index (κ2) is 20.0. The molecule has 6 aromatic heterocycles. The molecule has 330 valence electrons. The Morgan fingerprint density at radius 1 is 0.844 bits per heavy atom. The Balaban J connectivity index is 0.000000201. The van der Waals surface area contributed by atoms with E-state index < -0.39 is 0 Å². The average Bonchev–Trinajstić information content (AvgIpc) is 4.05. The molecular weight excluding hydrogens is 827 g/mol. The van der Waals surface area contributed by atoms with E-state index in [1.54, 1.807) is 22.7 Å². The summed E-state index contributed by atoms with van der Waals surface area (Å²) in [5.74, 6) is 0.881. The van der Waals surface area contributed by atoms with Crippen LogP contribution in [0.25, 0.3) is 41.2 Å². The second-order valence-corrected chi connectivity index (χ2v) is 16.8. The number of H-pyrrole nitrogens is 1. The molecule has 0 radical (unpaired) electrons. The molecule has 0 aliphatic carbocycles. The fraction of sp³-hybridized carbons (Fsp3) is 0.312. The molecule has 16 heteroatoms. The first-order valence-electron chi connectivity index (χ1n) is 21.6. The summed E-state index contributed by atoms with van der Waals surface area (Å²) in [5.41, 5.74) is 8.01. The monoisotopic (exact) mass is 879 g/mol. The minimum Gasteiger partial charge on any atom is -0.493 e. The number of nitrogens with zero attached hydrogens (tertiary/aromatic N) is 10. The van der Waals surface area contributed by atoms with Crippen LogP contribution in [0.3, 0.4) is 0 Å². The van der Waals surface area contributed by atoms with E-state index in [-0.39, 0.29) is 22.2 Å². The van der Waals surface area contributed by atoms with Gasteiger partial charge in [0.05, 0.1) is 33.1 Å². The smallest absolute Gasteiger partial charge is 0.310 e. The zero-order valence-electron chi connectivity index (χ0n) is 37.3. The van der Waals surface area contributed by atoms with Gasteiger partial charge in [-0.2, -0.15) is 19.7 Å². The summed E-state index contributed by atoms with van der Waals surface area (Å²) in [5, 5.41) is 33.2. The number of unbranched alkanes of at least 4 members (excludes halogenated alkanes) is 4. The molecule has 1 amide bonds. The summed E-state index contributed by atoms with van der Waals surface area (Å²) in [6, 6.07) is 19.1. The average molecular weight is 880 g/mol. The second-order valence-electron chi connectivity index (χ2n) is 15.8. The third-order valence-corrected chi connectivity index (χ3v) is 11.8. The Labute approximate surface area is 374 Å². The van der Waals surface area contributed by atoms with Crippen molar-refractivity contribution in [2.24, 2.45) is 12.1 Å². The summed E-state index contributed by atoms with van der Waals surface area (Å²) in [6.07, 6.45) is 14.6. The number of amides is 1. The van der Waals surface area contributed by atoms with Crippen molar-refractivity contribution in [3.05, 3.63) is 136 Å². The fourth-order valence-corrected chi connectivity index (χ4v) is 8.13. The summed E-state index contributed by atoms with van der Waals surface area (Å²) in [4.78, 5) is 48.2. The van der Waals surface area contributed by atoms with Gasteiger partial charge in [0.1, 0.15) is 5.69 Å². The highest BCUT2D eigenvalue weighted by Crippen LogP contribution is 2.28. The molecule has 7 heterocycles. The molecule has 0 saturated heterocycles. The van der Waals surface area contributed by atoms with Gasteiger partial charge < -0.3 is 5.11 Å². The number of rotatable bonds is 14. The molecule has 0 saturated carbocycles. The first-order valence-corrected chi connectivity index (χ1v) is 22.4. The molecule has 8 rings (SSSR count). The number of anilines is 1. The number of hydrazone groups is 1. The number of thiazole rings is 1. The lowest BCUT2D eigenvalue weighted by molar-refractivity contribution is -0.114. The number of benzene rings is 1. The number of aromatic nitrogens is 9. The molecule has 0 atom stereocenters. The standard InChI is InChI=1S/C30H37N5O2.C18H16N6O2S/c1-5-7-9-16-26-24(29(36)34(32-26)23-15-11-13-21(3)19-23)20-25-27(17-10-8-6-2)33-35(30(25)37)28-18-12-14-22(4)31-28;1-10-6-4-8-13(19-10)16-21-20-15-12(11(2)22-24(15)16)7-5-9-14-17(25)23(3)18(26)27-14/h11-15,18-20,33H,5-10,16-17H2,1-4H3;4-9,25H,1-3H3. The lowest BCUT2D eigenvalue weighted by atomic mass is 10.0.